The van der Waals surface area contributed by atoms with E-state index in [1.54, 1.807) is 4.68 Å². The summed E-state index contributed by atoms with van der Waals surface area (Å²) in [6.07, 6.45) is 0.686. The van der Waals surface area contributed by atoms with Gasteiger partial charge in [-0.1, -0.05) is 23.3 Å². The van der Waals surface area contributed by atoms with E-state index in [-0.39, 0.29) is 12.5 Å². The van der Waals surface area contributed by atoms with Gasteiger partial charge in [0.15, 0.2) is 0 Å². The maximum absolute atomic E-state index is 10.7. The summed E-state index contributed by atoms with van der Waals surface area (Å²) in [6, 6.07) is 9.80. The lowest BCUT2D eigenvalue weighted by atomic mass is 10.2. The first-order valence-corrected chi connectivity index (χ1v) is 6.92. The number of aliphatic carboxylic acids is 1. The smallest absolute Gasteiger partial charge is 0.303 e. The number of hydrogen-bond donors (Lipinski definition) is 1. The van der Waals surface area contributed by atoms with Crippen molar-refractivity contribution in [1.82, 2.24) is 20.2 Å². The first-order chi connectivity index (χ1) is 10.1. The molecule has 0 fully saturated rings. The normalized spacial score (nSPS) is 10.8. The SMILES string of the molecule is CC(C)N(CCCC(=O)O)c1nnnn1-c1ccccc1. The van der Waals surface area contributed by atoms with Crippen molar-refractivity contribution in [2.75, 3.05) is 11.4 Å². The van der Waals surface area contributed by atoms with Crippen LogP contribution in [-0.2, 0) is 4.79 Å². The third-order valence-corrected chi connectivity index (χ3v) is 3.12. The van der Waals surface area contributed by atoms with Crippen molar-refractivity contribution in [3.8, 4) is 5.69 Å². The topological polar surface area (TPSA) is 84.1 Å². The van der Waals surface area contributed by atoms with Crippen LogP contribution >= 0.6 is 0 Å². The van der Waals surface area contributed by atoms with Gasteiger partial charge in [0, 0.05) is 19.0 Å². The minimum atomic E-state index is -0.790. The molecule has 1 heterocycles. The highest BCUT2D eigenvalue weighted by molar-refractivity contribution is 5.66. The highest BCUT2D eigenvalue weighted by Gasteiger charge is 2.19. The molecule has 0 bridgehead atoms. The van der Waals surface area contributed by atoms with Crippen molar-refractivity contribution in [3.63, 3.8) is 0 Å². The molecule has 0 aliphatic heterocycles. The van der Waals surface area contributed by atoms with Crippen LogP contribution in [0.4, 0.5) is 5.95 Å². The molecular weight excluding hydrogens is 270 g/mol. The van der Waals surface area contributed by atoms with Crippen LogP contribution < -0.4 is 4.90 Å². The molecule has 0 saturated carbocycles. The summed E-state index contributed by atoms with van der Waals surface area (Å²) in [5.41, 5.74) is 0.876. The van der Waals surface area contributed by atoms with Crippen LogP contribution in [0.3, 0.4) is 0 Å². The number of tetrazole rings is 1. The second-order valence-electron chi connectivity index (χ2n) is 5.01. The van der Waals surface area contributed by atoms with Gasteiger partial charge in [0.1, 0.15) is 0 Å². The molecule has 7 heteroatoms. The number of para-hydroxylation sites is 1. The Hall–Kier alpha value is -2.44. The Morgan fingerprint density at radius 3 is 2.67 bits per heavy atom. The molecule has 1 N–H and O–H groups in total. The zero-order valence-electron chi connectivity index (χ0n) is 12.2. The fourth-order valence-corrected chi connectivity index (χ4v) is 2.09. The molecule has 0 radical (unpaired) electrons. The summed E-state index contributed by atoms with van der Waals surface area (Å²) in [4.78, 5) is 12.7. The summed E-state index contributed by atoms with van der Waals surface area (Å²) in [5.74, 6) is -0.164. The van der Waals surface area contributed by atoms with E-state index in [1.165, 1.54) is 0 Å². The Morgan fingerprint density at radius 2 is 2.05 bits per heavy atom. The van der Waals surface area contributed by atoms with Crippen LogP contribution in [0.2, 0.25) is 0 Å². The molecule has 2 rings (SSSR count). The molecule has 1 aromatic heterocycles. The summed E-state index contributed by atoms with van der Waals surface area (Å²) in [6.45, 7) is 4.66. The molecule has 0 unspecified atom stereocenters. The lowest BCUT2D eigenvalue weighted by molar-refractivity contribution is -0.137. The molecule has 0 aliphatic rings. The molecule has 7 nitrogen and oxygen atoms in total. The molecule has 0 amide bonds. The highest BCUT2D eigenvalue weighted by Crippen LogP contribution is 2.18. The van der Waals surface area contributed by atoms with Gasteiger partial charge in [-0.2, -0.15) is 4.68 Å². The maximum atomic E-state index is 10.7. The number of rotatable bonds is 7. The van der Waals surface area contributed by atoms with Gasteiger partial charge in [-0.05, 0) is 42.8 Å². The van der Waals surface area contributed by atoms with Gasteiger partial charge >= 0.3 is 5.97 Å². The van der Waals surface area contributed by atoms with E-state index in [9.17, 15) is 4.79 Å². The lowest BCUT2D eigenvalue weighted by Crippen LogP contribution is -2.34. The number of aromatic nitrogens is 4. The standard InChI is InChI=1S/C14H19N5O2/c1-11(2)18(10-6-9-13(20)21)14-15-16-17-19(14)12-7-4-3-5-8-12/h3-5,7-8,11H,6,9-10H2,1-2H3,(H,20,21). The van der Waals surface area contributed by atoms with E-state index in [0.29, 0.717) is 18.9 Å². The summed E-state index contributed by atoms with van der Waals surface area (Å²) < 4.78 is 1.67. The van der Waals surface area contributed by atoms with Gasteiger partial charge in [0.25, 0.3) is 5.95 Å². The number of carbonyl (C=O) groups is 1. The van der Waals surface area contributed by atoms with Crippen LogP contribution in [0, 0.1) is 0 Å². The van der Waals surface area contributed by atoms with Crippen molar-refractivity contribution < 1.29 is 9.90 Å². The minimum absolute atomic E-state index is 0.135. The first-order valence-electron chi connectivity index (χ1n) is 6.92. The van der Waals surface area contributed by atoms with Gasteiger partial charge in [-0.15, -0.1) is 0 Å². The van der Waals surface area contributed by atoms with Crippen LogP contribution in [0.1, 0.15) is 26.7 Å². The fourth-order valence-electron chi connectivity index (χ4n) is 2.09. The van der Waals surface area contributed by atoms with Gasteiger partial charge in [0.2, 0.25) is 0 Å². The molecule has 1 aromatic carbocycles. The third-order valence-electron chi connectivity index (χ3n) is 3.12. The summed E-state index contributed by atoms with van der Waals surface area (Å²) in [7, 11) is 0. The summed E-state index contributed by atoms with van der Waals surface area (Å²) >= 11 is 0. The van der Waals surface area contributed by atoms with Crippen LogP contribution in [-0.4, -0.2) is 43.9 Å². The second kappa shape index (κ2) is 6.83. The monoisotopic (exact) mass is 289 g/mol. The number of carboxylic acid groups (broad SMARTS) is 1. The van der Waals surface area contributed by atoms with Gasteiger partial charge in [-0.3, -0.25) is 4.79 Å². The van der Waals surface area contributed by atoms with Crippen molar-refractivity contribution in [2.45, 2.75) is 32.7 Å². The van der Waals surface area contributed by atoms with E-state index in [0.717, 1.165) is 5.69 Å². The average Bonchev–Trinajstić information content (AvgIpc) is 2.93. The highest BCUT2D eigenvalue weighted by atomic mass is 16.4. The second-order valence-corrected chi connectivity index (χ2v) is 5.01. The van der Waals surface area contributed by atoms with Crippen LogP contribution in [0.25, 0.3) is 5.69 Å². The third kappa shape index (κ3) is 3.77. The molecule has 0 atom stereocenters. The molecule has 2 aromatic rings. The zero-order valence-corrected chi connectivity index (χ0v) is 12.2. The Labute approximate surface area is 123 Å². The van der Waals surface area contributed by atoms with Crippen LogP contribution in [0.5, 0.6) is 0 Å². The molecule has 0 aliphatic carbocycles. The Kier molecular flexibility index (Phi) is 4.86. The van der Waals surface area contributed by atoms with Gasteiger partial charge in [0.05, 0.1) is 5.69 Å². The molecule has 0 saturated heterocycles. The largest absolute Gasteiger partial charge is 0.481 e. The van der Waals surface area contributed by atoms with Crippen molar-refractivity contribution in [3.05, 3.63) is 30.3 Å². The van der Waals surface area contributed by atoms with E-state index in [4.69, 9.17) is 5.11 Å². The van der Waals surface area contributed by atoms with E-state index in [1.807, 2.05) is 49.1 Å². The maximum Gasteiger partial charge on any atom is 0.303 e. The Morgan fingerprint density at radius 1 is 1.33 bits per heavy atom. The Bertz CT molecular complexity index is 582. The van der Waals surface area contributed by atoms with Gasteiger partial charge < -0.3 is 10.0 Å². The number of hydrogen-bond acceptors (Lipinski definition) is 5. The fraction of sp³-hybridized carbons (Fsp3) is 0.429. The predicted octanol–water partition coefficient (Wildman–Crippen LogP) is 1.74. The van der Waals surface area contributed by atoms with E-state index < -0.39 is 5.97 Å². The first kappa shape index (κ1) is 15.0. The molecule has 112 valence electrons. The van der Waals surface area contributed by atoms with Crippen molar-refractivity contribution in [2.24, 2.45) is 0 Å². The van der Waals surface area contributed by atoms with Gasteiger partial charge in [-0.25, -0.2) is 0 Å². The number of anilines is 1. The molecular formula is C14H19N5O2. The lowest BCUT2D eigenvalue weighted by Gasteiger charge is -2.26. The van der Waals surface area contributed by atoms with Crippen molar-refractivity contribution >= 4 is 11.9 Å². The quantitative estimate of drug-likeness (QED) is 0.836. The van der Waals surface area contributed by atoms with Crippen LogP contribution in [0.15, 0.2) is 30.3 Å². The zero-order chi connectivity index (χ0) is 15.2. The number of nitrogens with zero attached hydrogens (tertiary/aromatic N) is 5. The molecule has 0 spiro atoms. The summed E-state index contributed by atoms with van der Waals surface area (Å²) in [5, 5.41) is 20.6. The predicted molar refractivity (Wildman–Crippen MR) is 78.5 cm³/mol. The number of benzene rings is 1. The van der Waals surface area contributed by atoms with Crippen molar-refractivity contribution in [1.29, 1.82) is 0 Å². The van der Waals surface area contributed by atoms with E-state index in [2.05, 4.69) is 15.5 Å². The average molecular weight is 289 g/mol. The molecule has 21 heavy (non-hydrogen) atoms. The minimum Gasteiger partial charge on any atom is -0.481 e. The Balaban J connectivity index is 2.21. The van der Waals surface area contributed by atoms with E-state index >= 15 is 0 Å². The number of carboxylic acids is 1.